The number of hydrogen-bond donors (Lipinski definition) is 1. The number of benzene rings is 2. The third kappa shape index (κ3) is 4.11. The molecule has 2 heterocycles. The fourth-order valence-corrected chi connectivity index (χ4v) is 3.88. The van der Waals surface area contributed by atoms with Crippen molar-refractivity contribution in [1.29, 1.82) is 0 Å². The highest BCUT2D eigenvalue weighted by Gasteiger charge is 2.20. The van der Waals surface area contributed by atoms with Crippen molar-refractivity contribution in [1.82, 2.24) is 20.2 Å². The molecule has 0 spiro atoms. The highest BCUT2D eigenvalue weighted by atomic mass is 32.1. The molecule has 2 aromatic carbocycles. The Labute approximate surface area is 176 Å². The van der Waals surface area contributed by atoms with Crippen LogP contribution in [0.5, 0.6) is 0 Å². The standard InChI is InChI=1S/C21H17N5O3S/c1-2-29-21(28)17-12-18(14-7-4-3-5-8-14)30-20(17)23-19(27)15-9-6-10-16(11-15)26-13-22-24-25-26/h3-13H,2H2,1H3,(H,23,27). The molecule has 0 aliphatic heterocycles. The summed E-state index contributed by atoms with van der Waals surface area (Å²) in [5, 5.41) is 14.3. The van der Waals surface area contributed by atoms with Crippen molar-refractivity contribution in [3.8, 4) is 16.1 Å². The van der Waals surface area contributed by atoms with Gasteiger partial charge in [-0.1, -0.05) is 36.4 Å². The molecule has 9 heteroatoms. The maximum absolute atomic E-state index is 12.9. The summed E-state index contributed by atoms with van der Waals surface area (Å²) in [5.74, 6) is -0.828. The van der Waals surface area contributed by atoms with E-state index in [1.54, 1.807) is 37.3 Å². The van der Waals surface area contributed by atoms with E-state index in [0.717, 1.165) is 10.4 Å². The van der Waals surface area contributed by atoms with Crippen molar-refractivity contribution in [3.63, 3.8) is 0 Å². The van der Waals surface area contributed by atoms with Crippen LogP contribution in [0.1, 0.15) is 27.6 Å². The van der Waals surface area contributed by atoms with Crippen LogP contribution >= 0.6 is 11.3 Å². The average molecular weight is 419 g/mol. The van der Waals surface area contributed by atoms with E-state index < -0.39 is 5.97 Å². The lowest BCUT2D eigenvalue weighted by atomic mass is 10.1. The lowest BCUT2D eigenvalue weighted by Crippen LogP contribution is -2.14. The number of aromatic nitrogens is 4. The average Bonchev–Trinajstić information content (AvgIpc) is 3.45. The van der Waals surface area contributed by atoms with Gasteiger partial charge < -0.3 is 10.1 Å². The van der Waals surface area contributed by atoms with E-state index in [2.05, 4.69) is 20.8 Å². The summed E-state index contributed by atoms with van der Waals surface area (Å²) in [6.45, 7) is 1.99. The summed E-state index contributed by atoms with van der Waals surface area (Å²) in [4.78, 5) is 26.2. The molecule has 0 unspecified atom stereocenters. The number of amides is 1. The Morgan fingerprint density at radius 1 is 1.10 bits per heavy atom. The molecule has 0 radical (unpaired) electrons. The van der Waals surface area contributed by atoms with E-state index in [-0.39, 0.29) is 12.5 Å². The van der Waals surface area contributed by atoms with Crippen LogP contribution in [0, 0.1) is 0 Å². The molecule has 150 valence electrons. The SMILES string of the molecule is CCOC(=O)c1cc(-c2ccccc2)sc1NC(=O)c1cccc(-n2cnnn2)c1. The Balaban J connectivity index is 1.65. The van der Waals surface area contributed by atoms with Crippen LogP contribution in [0.15, 0.2) is 67.0 Å². The number of anilines is 1. The predicted octanol–water partition coefficient (Wildman–Crippen LogP) is 3.82. The zero-order chi connectivity index (χ0) is 20.9. The van der Waals surface area contributed by atoms with Gasteiger partial charge in [-0.3, -0.25) is 4.79 Å². The largest absolute Gasteiger partial charge is 0.462 e. The van der Waals surface area contributed by atoms with E-state index in [9.17, 15) is 9.59 Å². The number of nitrogens with one attached hydrogen (secondary N) is 1. The minimum atomic E-state index is -0.478. The molecule has 1 amide bonds. The van der Waals surface area contributed by atoms with Crippen LogP contribution in [0.2, 0.25) is 0 Å². The summed E-state index contributed by atoms with van der Waals surface area (Å²) in [7, 11) is 0. The van der Waals surface area contributed by atoms with Crippen LogP contribution in [0.4, 0.5) is 5.00 Å². The van der Waals surface area contributed by atoms with Gasteiger partial charge in [-0.25, -0.2) is 9.48 Å². The van der Waals surface area contributed by atoms with Gasteiger partial charge in [-0.15, -0.1) is 16.4 Å². The van der Waals surface area contributed by atoms with Crippen LogP contribution in [0.25, 0.3) is 16.1 Å². The Bertz CT molecular complexity index is 1170. The van der Waals surface area contributed by atoms with Crippen LogP contribution in [-0.2, 0) is 4.74 Å². The molecular weight excluding hydrogens is 402 g/mol. The molecule has 1 N–H and O–H groups in total. The Hall–Kier alpha value is -3.85. The molecule has 30 heavy (non-hydrogen) atoms. The van der Waals surface area contributed by atoms with Gasteiger partial charge in [0.25, 0.3) is 5.91 Å². The molecule has 4 aromatic rings. The molecule has 0 fully saturated rings. The smallest absolute Gasteiger partial charge is 0.341 e. The minimum Gasteiger partial charge on any atom is -0.462 e. The second kappa shape index (κ2) is 8.66. The van der Waals surface area contributed by atoms with Crippen molar-refractivity contribution in [2.24, 2.45) is 0 Å². The first-order chi connectivity index (χ1) is 14.7. The zero-order valence-corrected chi connectivity index (χ0v) is 16.8. The topological polar surface area (TPSA) is 99.0 Å². The van der Waals surface area contributed by atoms with E-state index in [1.807, 2.05) is 30.3 Å². The number of carbonyl (C=O) groups is 2. The van der Waals surface area contributed by atoms with Gasteiger partial charge >= 0.3 is 5.97 Å². The Morgan fingerprint density at radius 2 is 1.93 bits per heavy atom. The second-order valence-corrected chi connectivity index (χ2v) is 7.25. The number of ether oxygens (including phenoxy) is 1. The van der Waals surface area contributed by atoms with E-state index in [1.165, 1.54) is 22.3 Å². The number of hydrogen-bond acceptors (Lipinski definition) is 7. The molecule has 2 aromatic heterocycles. The molecular formula is C21H17N5O3S. The highest BCUT2D eigenvalue weighted by molar-refractivity contribution is 7.20. The van der Waals surface area contributed by atoms with Gasteiger partial charge in [-0.05, 0) is 47.2 Å². The van der Waals surface area contributed by atoms with Gasteiger partial charge in [0.2, 0.25) is 0 Å². The number of nitrogens with zero attached hydrogens (tertiary/aromatic N) is 4. The van der Waals surface area contributed by atoms with Crippen molar-refractivity contribution in [2.75, 3.05) is 11.9 Å². The predicted molar refractivity (Wildman–Crippen MR) is 113 cm³/mol. The maximum atomic E-state index is 12.9. The minimum absolute atomic E-state index is 0.247. The van der Waals surface area contributed by atoms with Gasteiger partial charge in [0.05, 0.1) is 17.9 Å². The fourth-order valence-electron chi connectivity index (χ4n) is 2.83. The summed E-state index contributed by atoms with van der Waals surface area (Å²) < 4.78 is 6.62. The Kier molecular flexibility index (Phi) is 5.62. The summed E-state index contributed by atoms with van der Waals surface area (Å²) in [5.41, 5.74) is 2.34. The number of rotatable bonds is 6. The molecule has 0 atom stereocenters. The van der Waals surface area contributed by atoms with Gasteiger partial charge in [0.15, 0.2) is 0 Å². The second-order valence-electron chi connectivity index (χ2n) is 6.20. The zero-order valence-electron chi connectivity index (χ0n) is 16.0. The molecule has 0 saturated carbocycles. The highest BCUT2D eigenvalue weighted by Crippen LogP contribution is 2.36. The molecule has 0 aliphatic carbocycles. The quantitative estimate of drug-likeness (QED) is 0.477. The fraction of sp³-hybridized carbons (Fsp3) is 0.0952. The first-order valence-corrected chi connectivity index (χ1v) is 9.98. The molecule has 4 rings (SSSR count). The van der Waals surface area contributed by atoms with Crippen LogP contribution < -0.4 is 5.32 Å². The lowest BCUT2D eigenvalue weighted by Gasteiger charge is -2.07. The van der Waals surface area contributed by atoms with Crippen molar-refractivity contribution < 1.29 is 14.3 Å². The normalized spacial score (nSPS) is 10.6. The maximum Gasteiger partial charge on any atom is 0.341 e. The van der Waals surface area contributed by atoms with Crippen molar-refractivity contribution in [2.45, 2.75) is 6.92 Å². The van der Waals surface area contributed by atoms with Gasteiger partial charge in [-0.2, -0.15) is 0 Å². The number of carbonyl (C=O) groups excluding carboxylic acids is 2. The van der Waals surface area contributed by atoms with Crippen LogP contribution in [0.3, 0.4) is 0 Å². The molecule has 0 bridgehead atoms. The first kappa shape index (κ1) is 19.5. The van der Waals surface area contributed by atoms with E-state index in [0.29, 0.717) is 21.8 Å². The van der Waals surface area contributed by atoms with Crippen molar-refractivity contribution >= 4 is 28.2 Å². The molecule has 8 nitrogen and oxygen atoms in total. The molecule has 0 aliphatic rings. The third-order valence-electron chi connectivity index (χ3n) is 4.23. The van der Waals surface area contributed by atoms with Crippen molar-refractivity contribution in [3.05, 3.63) is 78.1 Å². The monoisotopic (exact) mass is 419 g/mol. The van der Waals surface area contributed by atoms with Gasteiger partial charge in [0.1, 0.15) is 11.3 Å². The van der Waals surface area contributed by atoms with E-state index in [4.69, 9.17) is 4.74 Å². The van der Waals surface area contributed by atoms with Gasteiger partial charge in [0, 0.05) is 10.4 Å². The van der Waals surface area contributed by atoms with E-state index >= 15 is 0 Å². The Morgan fingerprint density at radius 3 is 2.67 bits per heavy atom. The summed E-state index contributed by atoms with van der Waals surface area (Å²) in [6, 6.07) is 18.3. The number of thiophene rings is 1. The summed E-state index contributed by atoms with van der Waals surface area (Å²) in [6.07, 6.45) is 1.45. The number of esters is 1. The molecule has 0 saturated heterocycles. The summed E-state index contributed by atoms with van der Waals surface area (Å²) >= 11 is 1.32. The third-order valence-corrected chi connectivity index (χ3v) is 5.33. The number of tetrazole rings is 1. The van der Waals surface area contributed by atoms with Crippen LogP contribution in [-0.4, -0.2) is 38.7 Å². The first-order valence-electron chi connectivity index (χ1n) is 9.17. The lowest BCUT2D eigenvalue weighted by molar-refractivity contribution is 0.0528.